The zero-order valence-electron chi connectivity index (χ0n) is 28.8. The smallest absolute Gasteiger partial charge is 0.121 e. The standard InChI is InChI=1S/C40H56O4/c1-29(17-13-19-31(3)21-23-39-35(5,6)25-33(41)27-37(39,9)43-39)15-11-12-16-30(2)18-14-20-32(4)22-24-40-36(7,8)26-34(42)28-38(40,10)44-40/h11-24,33-34,41-42H,25-28H2,1-10H3/b12-11-,17-13+,18-14+,23-21-,24-22+,29-15+,30-16-,31-19-,32-20+/t33-,34-,37+,38+,39-,40-/m1/s1. The average Bonchev–Trinajstić information content (AvgIpc) is 3.73. The van der Waals surface area contributed by atoms with E-state index in [1.807, 2.05) is 0 Å². The number of hydrogen-bond acceptors (Lipinski definition) is 4. The molecule has 2 aliphatic heterocycles. The van der Waals surface area contributed by atoms with Crippen molar-refractivity contribution in [3.05, 3.63) is 107 Å². The normalized spacial score (nSPS) is 39.2. The third-order valence-electron chi connectivity index (χ3n) is 10.4. The number of allylic oxidation sites excluding steroid dienone is 16. The van der Waals surface area contributed by atoms with Crippen LogP contribution < -0.4 is 0 Å². The van der Waals surface area contributed by atoms with Crippen LogP contribution in [0.25, 0.3) is 0 Å². The second-order valence-corrected chi connectivity index (χ2v) is 15.4. The highest BCUT2D eigenvalue weighted by Crippen LogP contribution is 2.67. The second kappa shape index (κ2) is 12.4. The lowest BCUT2D eigenvalue weighted by atomic mass is 9.63. The lowest BCUT2D eigenvalue weighted by Crippen LogP contribution is -2.46. The van der Waals surface area contributed by atoms with Gasteiger partial charge in [0.1, 0.15) is 22.4 Å². The molecule has 6 atom stereocenters. The zero-order chi connectivity index (χ0) is 32.6. The fourth-order valence-corrected chi connectivity index (χ4v) is 7.99. The van der Waals surface area contributed by atoms with E-state index in [4.69, 9.17) is 9.47 Å². The lowest BCUT2D eigenvalue weighted by molar-refractivity contribution is 0.0510. The average molecular weight is 601 g/mol. The van der Waals surface area contributed by atoms with Crippen LogP contribution in [0.4, 0.5) is 0 Å². The molecule has 0 aromatic carbocycles. The largest absolute Gasteiger partial charge is 0.393 e. The van der Waals surface area contributed by atoms with Crippen molar-refractivity contribution in [2.75, 3.05) is 0 Å². The highest BCUT2D eigenvalue weighted by molar-refractivity contribution is 5.38. The first-order valence-electron chi connectivity index (χ1n) is 16.3. The van der Waals surface area contributed by atoms with Crippen molar-refractivity contribution in [2.24, 2.45) is 10.8 Å². The van der Waals surface area contributed by atoms with Gasteiger partial charge in [0.25, 0.3) is 0 Å². The second-order valence-electron chi connectivity index (χ2n) is 15.4. The Balaban J connectivity index is 1.25. The summed E-state index contributed by atoms with van der Waals surface area (Å²) in [7, 11) is 0. The molecule has 2 saturated carbocycles. The predicted molar refractivity (Wildman–Crippen MR) is 183 cm³/mol. The minimum absolute atomic E-state index is 0.0969. The van der Waals surface area contributed by atoms with E-state index in [0.717, 1.165) is 12.8 Å². The third kappa shape index (κ3) is 6.84. The highest BCUT2D eigenvalue weighted by atomic mass is 16.6. The Labute approximate surface area is 267 Å². The molecule has 0 aromatic rings. The van der Waals surface area contributed by atoms with E-state index in [2.05, 4.69) is 154 Å². The SMILES string of the molecule is CC(/C=C\[C@]12O[C@@]1(C)C[C@H](O)CC2(C)C)=C/C=C/C(C)=C/C=C\C=C(C)/C=C/C=C(C)/C=C/[C@]12O[C@@]1(C)C[C@H](O)CC2(C)C. The van der Waals surface area contributed by atoms with Gasteiger partial charge >= 0.3 is 0 Å². The minimum atomic E-state index is -0.294. The number of fused-ring (bicyclic) bond motifs is 2. The molecule has 0 amide bonds. The van der Waals surface area contributed by atoms with Crippen molar-refractivity contribution in [3.8, 4) is 0 Å². The number of aliphatic hydroxyl groups excluding tert-OH is 2. The number of epoxide rings is 2. The number of aliphatic hydroxyl groups is 2. The molecule has 4 heteroatoms. The molecule has 2 N–H and O–H groups in total. The zero-order valence-corrected chi connectivity index (χ0v) is 28.8. The van der Waals surface area contributed by atoms with Gasteiger partial charge in [0, 0.05) is 23.7 Å². The molecule has 0 spiro atoms. The van der Waals surface area contributed by atoms with Gasteiger partial charge in [-0.05, 0) is 66.5 Å². The van der Waals surface area contributed by atoms with E-state index in [1.165, 1.54) is 22.3 Å². The van der Waals surface area contributed by atoms with Crippen molar-refractivity contribution in [1.29, 1.82) is 0 Å². The van der Waals surface area contributed by atoms with Crippen LogP contribution in [0, 0.1) is 10.8 Å². The Bertz CT molecular complexity index is 1270. The van der Waals surface area contributed by atoms with Crippen molar-refractivity contribution >= 4 is 0 Å². The fourth-order valence-electron chi connectivity index (χ4n) is 7.99. The first-order valence-corrected chi connectivity index (χ1v) is 16.3. The quantitative estimate of drug-likeness (QED) is 0.194. The molecule has 2 heterocycles. The van der Waals surface area contributed by atoms with Crippen molar-refractivity contribution in [1.82, 2.24) is 0 Å². The monoisotopic (exact) mass is 600 g/mol. The Morgan fingerprint density at radius 3 is 1.16 bits per heavy atom. The first-order chi connectivity index (χ1) is 20.4. The van der Waals surface area contributed by atoms with E-state index in [9.17, 15) is 10.2 Å². The summed E-state index contributed by atoms with van der Waals surface area (Å²) in [6.45, 7) is 21.4. The van der Waals surface area contributed by atoms with Crippen LogP contribution in [0.1, 0.15) is 94.9 Å². The van der Waals surface area contributed by atoms with Crippen LogP contribution in [0.3, 0.4) is 0 Å². The molecule has 0 radical (unpaired) electrons. The molecule has 4 fully saturated rings. The Kier molecular flexibility index (Phi) is 9.66. The van der Waals surface area contributed by atoms with Gasteiger partial charge in [-0.3, -0.25) is 0 Å². The molecule has 2 saturated heterocycles. The van der Waals surface area contributed by atoms with E-state index in [1.54, 1.807) is 0 Å². The lowest BCUT2D eigenvalue weighted by Gasteiger charge is -2.39. The van der Waals surface area contributed by atoms with Gasteiger partial charge < -0.3 is 19.7 Å². The summed E-state index contributed by atoms with van der Waals surface area (Å²) >= 11 is 0. The Morgan fingerprint density at radius 2 is 0.818 bits per heavy atom. The van der Waals surface area contributed by atoms with Gasteiger partial charge in [0.15, 0.2) is 0 Å². The van der Waals surface area contributed by atoms with Gasteiger partial charge in [-0.15, -0.1) is 0 Å². The maximum absolute atomic E-state index is 10.3. The topological polar surface area (TPSA) is 65.5 Å². The van der Waals surface area contributed by atoms with E-state index < -0.39 is 0 Å². The molecule has 2 aliphatic carbocycles. The number of rotatable bonds is 10. The van der Waals surface area contributed by atoms with Crippen LogP contribution >= 0.6 is 0 Å². The predicted octanol–water partition coefficient (Wildman–Crippen LogP) is 8.97. The molecule has 4 rings (SSSR count). The van der Waals surface area contributed by atoms with Gasteiger partial charge in [0.2, 0.25) is 0 Å². The van der Waals surface area contributed by atoms with Gasteiger partial charge in [-0.2, -0.15) is 0 Å². The summed E-state index contributed by atoms with van der Waals surface area (Å²) in [5.41, 5.74) is 3.36. The maximum atomic E-state index is 10.3. The summed E-state index contributed by atoms with van der Waals surface area (Å²) in [5, 5.41) is 20.5. The molecule has 0 unspecified atom stereocenters. The number of ether oxygens (including phenoxy) is 2. The van der Waals surface area contributed by atoms with Gasteiger partial charge in [-0.1, -0.05) is 123 Å². The van der Waals surface area contributed by atoms with Crippen molar-refractivity contribution < 1.29 is 19.7 Å². The fraction of sp³-hybridized carbons (Fsp3) is 0.550. The highest BCUT2D eigenvalue weighted by Gasteiger charge is 2.75. The van der Waals surface area contributed by atoms with Crippen molar-refractivity contribution in [2.45, 2.75) is 130 Å². The molecule has 240 valence electrons. The maximum Gasteiger partial charge on any atom is 0.121 e. The van der Waals surface area contributed by atoms with Crippen LogP contribution in [-0.2, 0) is 9.47 Å². The summed E-state index contributed by atoms with van der Waals surface area (Å²) in [5.74, 6) is 0. The summed E-state index contributed by atoms with van der Waals surface area (Å²) < 4.78 is 12.5. The van der Waals surface area contributed by atoms with E-state index in [-0.39, 0.29) is 45.4 Å². The van der Waals surface area contributed by atoms with Crippen molar-refractivity contribution in [3.63, 3.8) is 0 Å². The van der Waals surface area contributed by atoms with E-state index >= 15 is 0 Å². The molecule has 4 nitrogen and oxygen atoms in total. The van der Waals surface area contributed by atoms with Crippen LogP contribution in [0.2, 0.25) is 0 Å². The number of hydrogen-bond donors (Lipinski definition) is 2. The minimum Gasteiger partial charge on any atom is -0.393 e. The molecular formula is C40H56O4. The van der Waals surface area contributed by atoms with E-state index in [0.29, 0.717) is 12.8 Å². The molecule has 4 aliphatic rings. The summed E-state index contributed by atoms with van der Waals surface area (Å²) in [4.78, 5) is 0. The Morgan fingerprint density at radius 1 is 0.500 bits per heavy atom. The first kappa shape index (κ1) is 34.4. The van der Waals surface area contributed by atoms with Gasteiger partial charge in [-0.25, -0.2) is 0 Å². The molecule has 0 bridgehead atoms. The molecular weight excluding hydrogens is 544 g/mol. The Hall–Kier alpha value is -2.50. The van der Waals surface area contributed by atoms with Crippen LogP contribution in [0.5, 0.6) is 0 Å². The summed E-state index contributed by atoms with van der Waals surface area (Å²) in [6.07, 6.45) is 32.0. The molecule has 44 heavy (non-hydrogen) atoms. The van der Waals surface area contributed by atoms with Gasteiger partial charge in [0.05, 0.1) is 12.2 Å². The van der Waals surface area contributed by atoms with Crippen LogP contribution in [0.15, 0.2) is 107 Å². The molecule has 0 aromatic heterocycles. The third-order valence-corrected chi connectivity index (χ3v) is 10.4. The summed E-state index contributed by atoms with van der Waals surface area (Å²) in [6, 6.07) is 0. The van der Waals surface area contributed by atoms with Crippen LogP contribution in [-0.4, -0.2) is 44.8 Å².